The summed E-state index contributed by atoms with van der Waals surface area (Å²) < 4.78 is 26.2. The summed E-state index contributed by atoms with van der Waals surface area (Å²) >= 11 is 1.35. The summed E-state index contributed by atoms with van der Waals surface area (Å²) in [7, 11) is 0. The van der Waals surface area contributed by atoms with Gasteiger partial charge in [-0.05, 0) is 50.6 Å². The van der Waals surface area contributed by atoms with E-state index in [9.17, 15) is 14.0 Å². The highest BCUT2D eigenvalue weighted by molar-refractivity contribution is 7.99. The molecule has 1 rings (SSSR count). The van der Waals surface area contributed by atoms with Crippen molar-refractivity contribution in [3.63, 3.8) is 0 Å². The lowest BCUT2D eigenvalue weighted by Gasteiger charge is -2.22. The number of nitrogens with zero attached hydrogens (tertiary/aromatic N) is 1. The van der Waals surface area contributed by atoms with Gasteiger partial charge in [-0.2, -0.15) is 5.26 Å². The van der Waals surface area contributed by atoms with Gasteiger partial charge in [-0.25, -0.2) is 8.78 Å². The van der Waals surface area contributed by atoms with Crippen molar-refractivity contribution in [3.8, 4) is 6.07 Å². The molecule has 0 bridgehead atoms. The van der Waals surface area contributed by atoms with Crippen LogP contribution in [0.2, 0.25) is 0 Å². The molecule has 0 amide bonds. The molecule has 110 valence electrons. The second-order valence-electron chi connectivity index (χ2n) is 4.90. The van der Waals surface area contributed by atoms with Crippen molar-refractivity contribution in [2.75, 3.05) is 12.3 Å². The van der Waals surface area contributed by atoms with Crippen molar-refractivity contribution in [2.24, 2.45) is 0 Å². The minimum absolute atomic E-state index is 0.451. The molecule has 0 saturated heterocycles. The van der Waals surface area contributed by atoms with Gasteiger partial charge in [0.1, 0.15) is 17.2 Å². The van der Waals surface area contributed by atoms with Gasteiger partial charge in [0.05, 0.1) is 6.07 Å². The molecule has 5 heteroatoms. The molecule has 1 N–H and O–H groups in total. The summed E-state index contributed by atoms with van der Waals surface area (Å²) in [5.41, 5.74) is -0.530. The highest BCUT2D eigenvalue weighted by Gasteiger charge is 2.21. The number of thioether (sulfide) groups is 1. The van der Waals surface area contributed by atoms with Crippen LogP contribution in [0.1, 0.15) is 33.1 Å². The van der Waals surface area contributed by atoms with E-state index in [4.69, 9.17) is 0 Å². The van der Waals surface area contributed by atoms with E-state index >= 15 is 0 Å². The number of nitriles is 1. The van der Waals surface area contributed by atoms with Crippen molar-refractivity contribution < 1.29 is 8.78 Å². The van der Waals surface area contributed by atoms with Crippen LogP contribution in [-0.2, 0) is 0 Å². The third kappa shape index (κ3) is 5.48. The summed E-state index contributed by atoms with van der Waals surface area (Å²) in [6.45, 7) is 4.74. The first-order valence-corrected chi connectivity index (χ1v) is 7.73. The molecular weight excluding hydrogens is 278 g/mol. The van der Waals surface area contributed by atoms with Crippen LogP contribution < -0.4 is 5.32 Å². The maximum atomic E-state index is 13.4. The normalized spacial score (nSPS) is 13.8. The quantitative estimate of drug-likeness (QED) is 0.579. The summed E-state index contributed by atoms with van der Waals surface area (Å²) in [4.78, 5) is 0.451. The zero-order valence-corrected chi connectivity index (χ0v) is 12.7. The van der Waals surface area contributed by atoms with Gasteiger partial charge in [0.2, 0.25) is 0 Å². The van der Waals surface area contributed by atoms with E-state index in [1.807, 2.05) is 6.92 Å². The van der Waals surface area contributed by atoms with Crippen molar-refractivity contribution >= 4 is 11.8 Å². The van der Waals surface area contributed by atoms with E-state index in [1.54, 1.807) is 0 Å². The first kappa shape index (κ1) is 16.9. The van der Waals surface area contributed by atoms with Crippen LogP contribution in [0.4, 0.5) is 8.78 Å². The monoisotopic (exact) mass is 298 g/mol. The van der Waals surface area contributed by atoms with Crippen molar-refractivity contribution in [1.82, 2.24) is 5.32 Å². The van der Waals surface area contributed by atoms with Crippen LogP contribution in [-0.4, -0.2) is 17.8 Å². The molecule has 1 atom stereocenters. The van der Waals surface area contributed by atoms with E-state index < -0.39 is 17.2 Å². The Morgan fingerprint density at radius 1 is 1.40 bits per heavy atom. The number of hydrogen-bond donors (Lipinski definition) is 1. The number of hydrogen-bond acceptors (Lipinski definition) is 3. The molecular formula is C15H20F2N2S. The molecule has 1 aromatic carbocycles. The summed E-state index contributed by atoms with van der Waals surface area (Å²) in [6.07, 6.45) is 2.48. The van der Waals surface area contributed by atoms with Crippen LogP contribution >= 0.6 is 11.8 Å². The summed E-state index contributed by atoms with van der Waals surface area (Å²) in [6, 6.07) is 5.89. The fourth-order valence-electron chi connectivity index (χ4n) is 1.78. The van der Waals surface area contributed by atoms with Gasteiger partial charge >= 0.3 is 0 Å². The smallest absolute Gasteiger partial charge is 0.139 e. The fraction of sp³-hybridized carbons (Fsp3) is 0.533. The first-order valence-electron chi connectivity index (χ1n) is 6.75. The predicted octanol–water partition coefficient (Wildman–Crippen LogP) is 4.12. The van der Waals surface area contributed by atoms with E-state index in [0.29, 0.717) is 17.1 Å². The highest BCUT2D eigenvalue weighted by Crippen LogP contribution is 2.24. The van der Waals surface area contributed by atoms with Crippen LogP contribution in [0.5, 0.6) is 0 Å². The standard InChI is InChI=1S/C15H20F2N2S/c1-3-8-19-15(2,11-18)7-4-9-20-14-6-5-12(16)10-13(14)17/h5-6,10,19H,3-4,7-9H2,1-2H3. The maximum Gasteiger partial charge on any atom is 0.139 e. The minimum atomic E-state index is -0.562. The Bertz CT molecular complexity index is 473. The number of rotatable bonds is 8. The van der Waals surface area contributed by atoms with Crippen molar-refractivity contribution in [1.29, 1.82) is 5.26 Å². The second kappa shape index (κ2) is 8.23. The van der Waals surface area contributed by atoms with Gasteiger partial charge < -0.3 is 0 Å². The zero-order chi connectivity index (χ0) is 15.0. The van der Waals surface area contributed by atoms with Gasteiger partial charge in [0, 0.05) is 11.0 Å². The molecule has 2 nitrogen and oxygen atoms in total. The molecule has 1 aromatic rings. The summed E-state index contributed by atoms with van der Waals surface area (Å²) in [5.74, 6) is -0.386. The second-order valence-corrected chi connectivity index (χ2v) is 6.03. The van der Waals surface area contributed by atoms with Crippen LogP contribution in [0.15, 0.2) is 23.1 Å². The zero-order valence-electron chi connectivity index (χ0n) is 11.9. The third-order valence-electron chi connectivity index (χ3n) is 2.98. The van der Waals surface area contributed by atoms with Crippen molar-refractivity contribution in [2.45, 2.75) is 43.5 Å². The van der Waals surface area contributed by atoms with Crippen LogP contribution in [0.25, 0.3) is 0 Å². The van der Waals surface area contributed by atoms with Gasteiger partial charge in [-0.15, -0.1) is 11.8 Å². The first-order chi connectivity index (χ1) is 9.50. The van der Waals surface area contributed by atoms with E-state index in [-0.39, 0.29) is 0 Å². The van der Waals surface area contributed by atoms with Crippen LogP contribution in [0.3, 0.4) is 0 Å². The van der Waals surface area contributed by atoms with Gasteiger partial charge in [-0.3, -0.25) is 5.32 Å². The Hall–Kier alpha value is -1.12. The molecule has 0 aliphatic rings. The Morgan fingerprint density at radius 2 is 2.15 bits per heavy atom. The molecule has 1 unspecified atom stereocenters. The molecule has 0 radical (unpaired) electrons. The third-order valence-corrected chi connectivity index (χ3v) is 4.12. The SMILES string of the molecule is CCCNC(C)(C#N)CCCSc1ccc(F)cc1F. The Labute approximate surface area is 123 Å². The molecule has 0 fully saturated rings. The van der Waals surface area contributed by atoms with Crippen LogP contribution in [0, 0.1) is 23.0 Å². The highest BCUT2D eigenvalue weighted by atomic mass is 32.2. The Morgan fingerprint density at radius 3 is 2.75 bits per heavy atom. The lowest BCUT2D eigenvalue weighted by Crippen LogP contribution is -2.41. The molecule has 0 aromatic heterocycles. The fourth-order valence-corrected chi connectivity index (χ4v) is 2.65. The molecule has 0 aliphatic heterocycles. The van der Waals surface area contributed by atoms with E-state index in [0.717, 1.165) is 25.5 Å². The van der Waals surface area contributed by atoms with E-state index in [2.05, 4.69) is 18.3 Å². The molecule has 0 aliphatic carbocycles. The lowest BCUT2D eigenvalue weighted by molar-refractivity contribution is 0.415. The summed E-state index contributed by atoms with van der Waals surface area (Å²) in [5, 5.41) is 12.4. The van der Waals surface area contributed by atoms with Gasteiger partial charge in [0.25, 0.3) is 0 Å². The van der Waals surface area contributed by atoms with Gasteiger partial charge in [0.15, 0.2) is 0 Å². The predicted molar refractivity (Wildman–Crippen MR) is 78.6 cm³/mol. The molecule has 0 spiro atoms. The van der Waals surface area contributed by atoms with Gasteiger partial charge in [-0.1, -0.05) is 6.92 Å². The number of benzene rings is 1. The topological polar surface area (TPSA) is 35.8 Å². The number of halogens is 2. The minimum Gasteiger partial charge on any atom is -0.300 e. The largest absolute Gasteiger partial charge is 0.300 e. The average Bonchev–Trinajstić information content (AvgIpc) is 2.43. The van der Waals surface area contributed by atoms with E-state index in [1.165, 1.54) is 23.9 Å². The maximum absolute atomic E-state index is 13.4. The lowest BCUT2D eigenvalue weighted by atomic mass is 9.98. The Balaban J connectivity index is 2.39. The Kier molecular flexibility index (Phi) is 6.97. The molecule has 20 heavy (non-hydrogen) atoms. The number of nitrogens with one attached hydrogen (secondary N) is 1. The molecule has 0 saturated carbocycles. The average molecular weight is 298 g/mol. The molecule has 0 heterocycles. The van der Waals surface area contributed by atoms with Crippen molar-refractivity contribution in [3.05, 3.63) is 29.8 Å².